The summed E-state index contributed by atoms with van der Waals surface area (Å²) in [6.45, 7) is 1.56. The Morgan fingerprint density at radius 2 is 1.77 bits per heavy atom. The third-order valence-corrected chi connectivity index (χ3v) is 7.06. The van der Waals surface area contributed by atoms with Crippen molar-refractivity contribution in [2.45, 2.75) is 19.4 Å². The van der Waals surface area contributed by atoms with Crippen LogP contribution in [0.3, 0.4) is 0 Å². The smallest absolute Gasteiger partial charge is 0.250 e. The first-order chi connectivity index (χ1) is 14.6. The van der Waals surface area contributed by atoms with Gasteiger partial charge in [0.05, 0.1) is 38.0 Å². The first kappa shape index (κ1) is 22.9. The van der Waals surface area contributed by atoms with Crippen LogP contribution < -0.4 is 14.2 Å². The van der Waals surface area contributed by atoms with Gasteiger partial charge in [-0.3, -0.25) is 4.72 Å². The van der Waals surface area contributed by atoms with Gasteiger partial charge in [0, 0.05) is 12.1 Å². The average Bonchev–Trinajstić information content (AvgIpc) is 3.18. The van der Waals surface area contributed by atoms with Crippen molar-refractivity contribution in [2.24, 2.45) is 5.10 Å². The summed E-state index contributed by atoms with van der Waals surface area (Å²) in [5, 5.41) is 4.41. The molecular weight excluding hydrogens is 442 g/mol. The highest BCUT2D eigenvalue weighted by atomic mass is 32.2. The molecule has 168 valence electrons. The third kappa shape index (κ3) is 5.10. The van der Waals surface area contributed by atoms with E-state index in [0.717, 1.165) is 10.7 Å². The first-order valence-corrected chi connectivity index (χ1v) is 13.0. The number of hydrazone groups is 1. The van der Waals surface area contributed by atoms with Crippen LogP contribution in [0.5, 0.6) is 11.5 Å². The topological polar surface area (TPSA) is 114 Å². The Kier molecular flexibility index (Phi) is 6.46. The maximum Gasteiger partial charge on any atom is 0.250 e. The maximum absolute atomic E-state index is 12.8. The van der Waals surface area contributed by atoms with Crippen LogP contribution in [-0.4, -0.2) is 53.2 Å². The molecule has 0 radical (unpaired) electrons. The fourth-order valence-electron chi connectivity index (χ4n) is 3.34. The zero-order valence-corrected chi connectivity index (χ0v) is 19.3. The highest BCUT2D eigenvalue weighted by Gasteiger charge is 2.36. The van der Waals surface area contributed by atoms with Crippen LogP contribution >= 0.6 is 0 Å². The lowest BCUT2D eigenvalue weighted by Gasteiger charge is -2.23. The van der Waals surface area contributed by atoms with Crippen LogP contribution in [0, 0.1) is 0 Å². The van der Waals surface area contributed by atoms with Crippen molar-refractivity contribution in [1.82, 2.24) is 4.41 Å². The monoisotopic (exact) mass is 467 g/mol. The van der Waals surface area contributed by atoms with E-state index < -0.39 is 26.1 Å². The van der Waals surface area contributed by atoms with Crippen LogP contribution in [0.25, 0.3) is 0 Å². The highest BCUT2D eigenvalue weighted by molar-refractivity contribution is 7.92. The minimum Gasteiger partial charge on any atom is -0.493 e. The molecule has 0 bridgehead atoms. The Hall–Kier alpha value is -2.79. The summed E-state index contributed by atoms with van der Waals surface area (Å²) in [4.78, 5) is 0. The fraction of sp³-hybridized carbons (Fsp3) is 0.350. The lowest BCUT2D eigenvalue weighted by atomic mass is 9.98. The van der Waals surface area contributed by atoms with Gasteiger partial charge in [-0.1, -0.05) is 18.2 Å². The molecule has 0 spiro atoms. The molecule has 9 nitrogen and oxygen atoms in total. The Labute approximate surface area is 182 Å². The normalized spacial score (nSPS) is 16.7. The van der Waals surface area contributed by atoms with Gasteiger partial charge in [0.15, 0.2) is 11.5 Å². The third-order valence-electron chi connectivity index (χ3n) is 4.81. The number of anilines is 1. The minimum atomic E-state index is -3.65. The van der Waals surface area contributed by atoms with Gasteiger partial charge in [0.1, 0.15) is 0 Å². The van der Waals surface area contributed by atoms with Crippen molar-refractivity contribution < 1.29 is 26.3 Å². The van der Waals surface area contributed by atoms with E-state index in [1.54, 1.807) is 49.4 Å². The van der Waals surface area contributed by atoms with Gasteiger partial charge in [-0.05, 0) is 42.3 Å². The molecule has 0 amide bonds. The minimum absolute atomic E-state index is 0.108. The number of hydrogen-bond donors (Lipinski definition) is 1. The summed E-state index contributed by atoms with van der Waals surface area (Å²) in [5.41, 5.74) is 2.25. The van der Waals surface area contributed by atoms with Gasteiger partial charge in [-0.25, -0.2) is 16.8 Å². The van der Waals surface area contributed by atoms with Crippen molar-refractivity contribution >= 4 is 31.4 Å². The average molecular weight is 468 g/mol. The molecule has 1 unspecified atom stereocenters. The molecule has 1 N–H and O–H groups in total. The number of ether oxygens (including phenoxy) is 2. The number of nitrogens with zero attached hydrogens (tertiary/aromatic N) is 2. The van der Waals surface area contributed by atoms with Gasteiger partial charge in [0.2, 0.25) is 20.0 Å². The predicted molar refractivity (Wildman–Crippen MR) is 120 cm³/mol. The quantitative estimate of drug-likeness (QED) is 0.638. The molecule has 1 aliphatic rings. The molecule has 3 rings (SSSR count). The van der Waals surface area contributed by atoms with E-state index in [0.29, 0.717) is 40.4 Å². The van der Waals surface area contributed by atoms with Crippen molar-refractivity contribution in [1.29, 1.82) is 0 Å². The Morgan fingerprint density at radius 3 is 2.39 bits per heavy atom. The number of methoxy groups -OCH3 is 2. The zero-order valence-electron chi connectivity index (χ0n) is 17.7. The molecule has 2 aromatic rings. The molecule has 0 saturated carbocycles. The van der Waals surface area contributed by atoms with Crippen LogP contribution in [0.2, 0.25) is 0 Å². The predicted octanol–water partition coefficient (Wildman–Crippen LogP) is 2.58. The van der Waals surface area contributed by atoms with E-state index in [1.165, 1.54) is 14.2 Å². The van der Waals surface area contributed by atoms with Gasteiger partial charge >= 0.3 is 0 Å². The van der Waals surface area contributed by atoms with E-state index in [1.807, 2.05) is 0 Å². The Morgan fingerprint density at radius 1 is 1.06 bits per heavy atom. The van der Waals surface area contributed by atoms with E-state index in [2.05, 4.69) is 9.82 Å². The van der Waals surface area contributed by atoms with Crippen LogP contribution in [0.15, 0.2) is 47.6 Å². The number of rotatable bonds is 8. The number of hydrogen-bond acceptors (Lipinski definition) is 7. The van der Waals surface area contributed by atoms with E-state index in [4.69, 9.17) is 9.47 Å². The Balaban J connectivity index is 2.02. The fourth-order valence-corrected chi connectivity index (χ4v) is 4.96. The van der Waals surface area contributed by atoms with Crippen LogP contribution in [0.4, 0.5) is 5.69 Å². The lowest BCUT2D eigenvalue weighted by Crippen LogP contribution is -2.28. The molecule has 0 aromatic heterocycles. The van der Waals surface area contributed by atoms with Crippen molar-refractivity contribution in [2.75, 3.05) is 31.0 Å². The summed E-state index contributed by atoms with van der Waals surface area (Å²) in [6.07, 6.45) is 1.38. The van der Waals surface area contributed by atoms with Crippen molar-refractivity contribution in [3.63, 3.8) is 0 Å². The number of sulfonamides is 2. The van der Waals surface area contributed by atoms with E-state index >= 15 is 0 Å². The summed E-state index contributed by atoms with van der Waals surface area (Å²) < 4.78 is 62.8. The second-order valence-corrected chi connectivity index (χ2v) is 10.9. The molecule has 1 atom stereocenters. The van der Waals surface area contributed by atoms with Gasteiger partial charge in [-0.15, -0.1) is 0 Å². The number of nitrogens with one attached hydrogen (secondary N) is 1. The standard InChI is InChI=1S/C20H25N3O6S2/c1-5-31(26,27)23-18(15-9-10-19(28-2)20(12-15)29-3)13-17(21-23)14-7-6-8-16(11-14)22-30(4,24)25/h6-12,18,22H,5,13H2,1-4H3. The summed E-state index contributed by atoms with van der Waals surface area (Å²) in [6, 6.07) is 11.4. The highest BCUT2D eigenvalue weighted by Crippen LogP contribution is 2.39. The first-order valence-electron chi connectivity index (χ1n) is 9.47. The molecule has 1 aliphatic heterocycles. The zero-order chi connectivity index (χ0) is 22.8. The van der Waals surface area contributed by atoms with Crippen molar-refractivity contribution in [3.05, 3.63) is 53.6 Å². The van der Waals surface area contributed by atoms with Crippen LogP contribution in [0.1, 0.15) is 30.5 Å². The number of benzene rings is 2. The molecule has 11 heteroatoms. The molecule has 0 fully saturated rings. The second-order valence-electron chi connectivity index (χ2n) is 7.01. The van der Waals surface area contributed by atoms with Crippen molar-refractivity contribution in [3.8, 4) is 11.5 Å². The summed E-state index contributed by atoms with van der Waals surface area (Å²) in [7, 11) is -4.05. The SMILES string of the molecule is CCS(=O)(=O)N1N=C(c2cccc(NS(C)(=O)=O)c2)CC1c1ccc(OC)c(OC)c1. The molecular formula is C20H25N3O6S2. The maximum atomic E-state index is 12.8. The van der Waals surface area contributed by atoms with Crippen LogP contribution in [-0.2, 0) is 20.0 Å². The molecule has 0 aliphatic carbocycles. The van der Waals surface area contributed by atoms with Gasteiger partial charge in [0.25, 0.3) is 0 Å². The summed E-state index contributed by atoms with van der Waals surface area (Å²) >= 11 is 0. The molecule has 31 heavy (non-hydrogen) atoms. The summed E-state index contributed by atoms with van der Waals surface area (Å²) in [5.74, 6) is 0.917. The molecule has 1 heterocycles. The second kappa shape index (κ2) is 8.75. The van der Waals surface area contributed by atoms with E-state index in [9.17, 15) is 16.8 Å². The van der Waals surface area contributed by atoms with Gasteiger partial charge in [-0.2, -0.15) is 9.52 Å². The molecule has 0 saturated heterocycles. The van der Waals surface area contributed by atoms with Gasteiger partial charge < -0.3 is 9.47 Å². The van der Waals surface area contributed by atoms with E-state index in [-0.39, 0.29) is 5.75 Å². The lowest BCUT2D eigenvalue weighted by molar-refractivity contribution is 0.348. The largest absolute Gasteiger partial charge is 0.493 e. The molecule has 2 aromatic carbocycles. The Bertz CT molecular complexity index is 1210.